The topological polar surface area (TPSA) is 55.0 Å². The predicted molar refractivity (Wildman–Crippen MR) is 55.6 cm³/mol. The van der Waals surface area contributed by atoms with Crippen LogP contribution in [0.4, 0.5) is 5.95 Å². The molecule has 1 aliphatic heterocycles. The van der Waals surface area contributed by atoms with E-state index in [-0.39, 0.29) is 0 Å². The van der Waals surface area contributed by atoms with E-state index in [1.165, 1.54) is 32.4 Å². The van der Waals surface area contributed by atoms with Crippen molar-refractivity contribution in [1.29, 1.82) is 0 Å². The first-order valence-electron chi connectivity index (χ1n) is 5.14. The van der Waals surface area contributed by atoms with Gasteiger partial charge in [-0.25, -0.2) is 9.97 Å². The van der Waals surface area contributed by atoms with Gasteiger partial charge in [0.05, 0.1) is 5.69 Å². The molecule has 0 radical (unpaired) electrons. The Morgan fingerprint density at radius 3 is 2.79 bits per heavy atom. The Morgan fingerprint density at radius 2 is 2.07 bits per heavy atom. The van der Waals surface area contributed by atoms with Crippen LogP contribution in [0.1, 0.15) is 25.0 Å². The number of hydrogen-bond donors (Lipinski definition) is 1. The van der Waals surface area contributed by atoms with Crippen LogP contribution in [-0.2, 0) is 6.54 Å². The summed E-state index contributed by atoms with van der Waals surface area (Å²) in [5, 5.41) is 0. The highest BCUT2D eigenvalue weighted by Gasteiger charge is 2.10. The highest BCUT2D eigenvalue weighted by molar-refractivity contribution is 5.17. The number of hydrogen-bond acceptors (Lipinski definition) is 4. The zero-order chi connectivity index (χ0) is 9.80. The van der Waals surface area contributed by atoms with E-state index in [4.69, 9.17) is 5.73 Å². The van der Waals surface area contributed by atoms with Crippen molar-refractivity contribution in [2.24, 2.45) is 0 Å². The molecule has 1 aromatic heterocycles. The van der Waals surface area contributed by atoms with E-state index >= 15 is 0 Å². The van der Waals surface area contributed by atoms with E-state index in [0.717, 1.165) is 12.2 Å². The third-order valence-electron chi connectivity index (χ3n) is 2.57. The van der Waals surface area contributed by atoms with Crippen LogP contribution in [-0.4, -0.2) is 28.0 Å². The second-order valence-corrected chi connectivity index (χ2v) is 3.74. The molecule has 76 valence electrons. The van der Waals surface area contributed by atoms with Crippen molar-refractivity contribution >= 4 is 5.95 Å². The zero-order valence-electron chi connectivity index (χ0n) is 8.32. The minimum absolute atomic E-state index is 0.375. The number of nitrogen functional groups attached to an aromatic ring is 1. The largest absolute Gasteiger partial charge is 0.368 e. The normalized spacial score (nSPS) is 18.3. The van der Waals surface area contributed by atoms with Gasteiger partial charge >= 0.3 is 0 Å². The SMILES string of the molecule is Nc1nccc(CN2CCCCC2)n1. The number of piperidine rings is 1. The Labute approximate surface area is 84.2 Å². The summed E-state index contributed by atoms with van der Waals surface area (Å²) < 4.78 is 0. The molecule has 4 nitrogen and oxygen atoms in total. The van der Waals surface area contributed by atoms with Gasteiger partial charge in [0.25, 0.3) is 0 Å². The molecule has 0 atom stereocenters. The van der Waals surface area contributed by atoms with Gasteiger partial charge in [-0.1, -0.05) is 6.42 Å². The van der Waals surface area contributed by atoms with Gasteiger partial charge in [-0.2, -0.15) is 0 Å². The van der Waals surface area contributed by atoms with Crippen LogP contribution >= 0.6 is 0 Å². The Morgan fingerprint density at radius 1 is 1.29 bits per heavy atom. The Kier molecular flexibility index (Phi) is 2.93. The minimum atomic E-state index is 0.375. The van der Waals surface area contributed by atoms with Gasteiger partial charge in [-0.15, -0.1) is 0 Å². The second-order valence-electron chi connectivity index (χ2n) is 3.74. The van der Waals surface area contributed by atoms with E-state index in [9.17, 15) is 0 Å². The predicted octanol–water partition coefficient (Wildman–Crippen LogP) is 1.04. The maximum absolute atomic E-state index is 5.52. The van der Waals surface area contributed by atoms with Crippen LogP contribution in [0.3, 0.4) is 0 Å². The number of nitrogens with two attached hydrogens (primary N) is 1. The summed E-state index contributed by atoms with van der Waals surface area (Å²) in [6.45, 7) is 3.28. The lowest BCUT2D eigenvalue weighted by Gasteiger charge is -2.25. The number of likely N-dealkylation sites (tertiary alicyclic amines) is 1. The molecule has 1 saturated heterocycles. The molecular weight excluding hydrogens is 176 g/mol. The summed E-state index contributed by atoms with van der Waals surface area (Å²) >= 11 is 0. The lowest BCUT2D eigenvalue weighted by atomic mass is 10.1. The summed E-state index contributed by atoms with van der Waals surface area (Å²) in [5.41, 5.74) is 6.55. The summed E-state index contributed by atoms with van der Waals surface area (Å²) in [6, 6.07) is 1.94. The fourth-order valence-electron chi connectivity index (χ4n) is 1.85. The first-order chi connectivity index (χ1) is 6.84. The van der Waals surface area contributed by atoms with Gasteiger partial charge in [0.15, 0.2) is 0 Å². The molecule has 1 aliphatic rings. The molecule has 1 fully saturated rings. The standard InChI is InChI=1S/C10H16N4/c11-10-12-5-4-9(13-10)8-14-6-2-1-3-7-14/h4-5H,1-3,6-8H2,(H2,11,12,13). The van der Waals surface area contributed by atoms with E-state index in [1.54, 1.807) is 6.20 Å². The summed E-state index contributed by atoms with van der Waals surface area (Å²) in [6.07, 6.45) is 5.70. The Balaban J connectivity index is 1.95. The van der Waals surface area contributed by atoms with E-state index in [1.807, 2.05) is 6.07 Å². The molecule has 0 bridgehead atoms. The molecule has 2 N–H and O–H groups in total. The zero-order valence-corrected chi connectivity index (χ0v) is 8.32. The van der Waals surface area contributed by atoms with Crippen LogP contribution in [0.2, 0.25) is 0 Å². The summed E-state index contributed by atoms with van der Waals surface area (Å²) in [4.78, 5) is 10.5. The van der Waals surface area contributed by atoms with Gasteiger partial charge in [-0.3, -0.25) is 4.90 Å². The van der Waals surface area contributed by atoms with Gasteiger partial charge < -0.3 is 5.73 Å². The first kappa shape index (κ1) is 9.40. The van der Waals surface area contributed by atoms with Crippen LogP contribution in [0, 0.1) is 0 Å². The second kappa shape index (κ2) is 4.37. The highest BCUT2D eigenvalue weighted by atomic mass is 15.1. The maximum atomic E-state index is 5.52. The summed E-state index contributed by atoms with van der Waals surface area (Å²) in [5.74, 6) is 0.375. The van der Waals surface area contributed by atoms with Gasteiger partial charge in [0, 0.05) is 12.7 Å². The van der Waals surface area contributed by atoms with Crippen LogP contribution < -0.4 is 5.73 Å². The number of aromatic nitrogens is 2. The van der Waals surface area contributed by atoms with Crippen molar-refractivity contribution in [3.63, 3.8) is 0 Å². The van der Waals surface area contributed by atoms with Crippen molar-refractivity contribution in [2.45, 2.75) is 25.8 Å². The Hall–Kier alpha value is -1.16. The molecule has 2 heterocycles. The minimum Gasteiger partial charge on any atom is -0.368 e. The molecular formula is C10H16N4. The van der Waals surface area contributed by atoms with E-state index < -0.39 is 0 Å². The third-order valence-corrected chi connectivity index (χ3v) is 2.57. The van der Waals surface area contributed by atoms with Crippen molar-refractivity contribution in [3.8, 4) is 0 Å². The quantitative estimate of drug-likeness (QED) is 0.760. The average molecular weight is 192 g/mol. The lowest BCUT2D eigenvalue weighted by Crippen LogP contribution is -2.29. The first-order valence-corrected chi connectivity index (χ1v) is 5.14. The molecule has 14 heavy (non-hydrogen) atoms. The van der Waals surface area contributed by atoms with Crippen LogP contribution in [0.15, 0.2) is 12.3 Å². The van der Waals surface area contributed by atoms with Gasteiger partial charge in [0.1, 0.15) is 0 Å². The van der Waals surface area contributed by atoms with Crippen molar-refractivity contribution in [1.82, 2.24) is 14.9 Å². The smallest absolute Gasteiger partial charge is 0.220 e. The molecule has 0 aromatic carbocycles. The van der Waals surface area contributed by atoms with Crippen molar-refractivity contribution in [2.75, 3.05) is 18.8 Å². The fourth-order valence-corrected chi connectivity index (χ4v) is 1.85. The molecule has 2 rings (SSSR count). The van der Waals surface area contributed by atoms with Crippen molar-refractivity contribution < 1.29 is 0 Å². The van der Waals surface area contributed by atoms with Crippen LogP contribution in [0.5, 0.6) is 0 Å². The molecule has 0 saturated carbocycles. The van der Waals surface area contributed by atoms with Crippen molar-refractivity contribution in [3.05, 3.63) is 18.0 Å². The van der Waals surface area contributed by atoms with Gasteiger partial charge in [0.2, 0.25) is 5.95 Å². The Bertz CT molecular complexity index is 294. The fraction of sp³-hybridized carbons (Fsp3) is 0.600. The lowest BCUT2D eigenvalue weighted by molar-refractivity contribution is 0.218. The number of anilines is 1. The monoisotopic (exact) mass is 192 g/mol. The maximum Gasteiger partial charge on any atom is 0.220 e. The highest BCUT2D eigenvalue weighted by Crippen LogP contribution is 2.11. The van der Waals surface area contributed by atoms with E-state index in [2.05, 4.69) is 14.9 Å². The molecule has 0 amide bonds. The average Bonchev–Trinajstić information content (AvgIpc) is 2.19. The number of nitrogens with zero attached hydrogens (tertiary/aromatic N) is 3. The van der Waals surface area contributed by atoms with E-state index in [0.29, 0.717) is 5.95 Å². The molecule has 0 spiro atoms. The number of rotatable bonds is 2. The summed E-state index contributed by atoms with van der Waals surface area (Å²) in [7, 11) is 0. The molecule has 4 heteroatoms. The molecule has 0 aliphatic carbocycles. The molecule has 1 aromatic rings. The van der Waals surface area contributed by atoms with Crippen LogP contribution in [0.25, 0.3) is 0 Å². The third kappa shape index (κ3) is 2.42. The molecule has 0 unspecified atom stereocenters. The van der Waals surface area contributed by atoms with Gasteiger partial charge in [-0.05, 0) is 32.0 Å².